The Bertz CT molecular complexity index is 361. The maximum Gasteiger partial charge on any atom is 0.433 e. The number of nitrogens with zero attached hydrogens (tertiary/aromatic N) is 1. The molecule has 0 aliphatic heterocycles. The largest absolute Gasteiger partial charge is 0.433 e. The van der Waals surface area contributed by atoms with Crippen LogP contribution in [0.4, 0.5) is 5.88 Å². The van der Waals surface area contributed by atoms with E-state index in [2.05, 4.69) is 12.2 Å². The second-order valence-corrected chi connectivity index (χ2v) is 4.10. The van der Waals surface area contributed by atoms with Crippen molar-refractivity contribution in [2.24, 2.45) is 11.8 Å². The molecular weight excluding hydrogens is 196 g/mol. The lowest BCUT2D eigenvalue weighted by Crippen LogP contribution is -2.16. The van der Waals surface area contributed by atoms with Gasteiger partial charge in [0.2, 0.25) is 0 Å². The predicted molar refractivity (Wildman–Crippen MR) is 54.3 cm³/mol. The maximum atomic E-state index is 10.3. The summed E-state index contributed by atoms with van der Waals surface area (Å²) >= 11 is 0. The first-order valence-corrected chi connectivity index (χ1v) is 5.10. The van der Waals surface area contributed by atoms with E-state index in [1.54, 1.807) is 6.07 Å². The van der Waals surface area contributed by atoms with Gasteiger partial charge in [0.25, 0.3) is 0 Å². The average molecular weight is 210 g/mol. The Morgan fingerprint density at radius 2 is 2.40 bits per heavy atom. The van der Waals surface area contributed by atoms with Crippen molar-refractivity contribution < 1.29 is 9.34 Å². The fraction of sp³-hybridized carbons (Fsp3) is 0.600. The van der Waals surface area contributed by atoms with Crippen molar-refractivity contribution in [3.05, 3.63) is 28.0 Å². The number of hydrogen-bond donors (Lipinski definition) is 1. The van der Waals surface area contributed by atoms with Gasteiger partial charge in [0.1, 0.15) is 10.7 Å². The normalized spacial score (nSPS) is 24.1. The number of rotatable bonds is 5. The van der Waals surface area contributed by atoms with Crippen molar-refractivity contribution in [1.82, 2.24) is 5.32 Å². The van der Waals surface area contributed by atoms with Gasteiger partial charge in [-0.15, -0.1) is 0 Å². The molecule has 0 radical (unpaired) electrons. The molecule has 5 heteroatoms. The van der Waals surface area contributed by atoms with Gasteiger partial charge < -0.3 is 9.73 Å². The molecule has 0 saturated heterocycles. The molecule has 2 unspecified atom stereocenters. The quantitative estimate of drug-likeness (QED) is 0.595. The topological polar surface area (TPSA) is 68.3 Å². The lowest BCUT2D eigenvalue weighted by atomic mass is 10.3. The van der Waals surface area contributed by atoms with E-state index in [9.17, 15) is 10.1 Å². The van der Waals surface area contributed by atoms with E-state index in [1.165, 1.54) is 12.5 Å². The lowest BCUT2D eigenvalue weighted by Gasteiger charge is -1.99. The molecule has 5 nitrogen and oxygen atoms in total. The molecular formula is C10H14N2O3. The van der Waals surface area contributed by atoms with Crippen LogP contribution in [0.5, 0.6) is 0 Å². The zero-order valence-electron chi connectivity index (χ0n) is 8.60. The van der Waals surface area contributed by atoms with Gasteiger partial charge in [0, 0.05) is 0 Å². The van der Waals surface area contributed by atoms with E-state index >= 15 is 0 Å². The van der Waals surface area contributed by atoms with E-state index < -0.39 is 4.92 Å². The highest BCUT2D eigenvalue weighted by Gasteiger charge is 2.31. The summed E-state index contributed by atoms with van der Waals surface area (Å²) in [6.45, 7) is 3.76. The third-order valence-electron chi connectivity index (χ3n) is 2.81. The van der Waals surface area contributed by atoms with Crippen LogP contribution in [-0.2, 0) is 6.54 Å². The van der Waals surface area contributed by atoms with Crippen LogP contribution in [0.3, 0.4) is 0 Å². The summed E-state index contributed by atoms with van der Waals surface area (Å²) in [5.41, 5.74) is 0. The number of nitro groups is 1. The molecule has 1 fully saturated rings. The van der Waals surface area contributed by atoms with Crippen molar-refractivity contribution in [3.63, 3.8) is 0 Å². The minimum atomic E-state index is -0.521. The second-order valence-electron chi connectivity index (χ2n) is 4.10. The van der Waals surface area contributed by atoms with Crippen LogP contribution in [0.1, 0.15) is 19.1 Å². The van der Waals surface area contributed by atoms with Gasteiger partial charge in [-0.2, -0.15) is 0 Å². The van der Waals surface area contributed by atoms with Gasteiger partial charge in [-0.25, -0.2) is 0 Å². The summed E-state index contributed by atoms with van der Waals surface area (Å²) < 4.78 is 5.01. The smallest absolute Gasteiger partial charge is 0.404 e. The predicted octanol–water partition coefficient (Wildman–Crippen LogP) is 1.93. The van der Waals surface area contributed by atoms with E-state index in [4.69, 9.17) is 4.42 Å². The minimum absolute atomic E-state index is 0.188. The summed E-state index contributed by atoms with van der Waals surface area (Å²) in [6, 6.07) is 3.03. The zero-order valence-corrected chi connectivity index (χ0v) is 8.60. The highest BCUT2D eigenvalue weighted by Crippen LogP contribution is 2.36. The maximum absolute atomic E-state index is 10.3. The van der Waals surface area contributed by atoms with Crippen molar-refractivity contribution in [1.29, 1.82) is 0 Å². The molecule has 0 spiro atoms. The average Bonchev–Trinajstić information content (AvgIpc) is 2.71. The van der Waals surface area contributed by atoms with Crippen LogP contribution in [0.2, 0.25) is 0 Å². The van der Waals surface area contributed by atoms with Crippen LogP contribution in [0.25, 0.3) is 0 Å². The molecule has 1 N–H and O–H groups in total. The Kier molecular flexibility index (Phi) is 2.73. The van der Waals surface area contributed by atoms with Crippen molar-refractivity contribution in [2.45, 2.75) is 19.9 Å². The Morgan fingerprint density at radius 3 is 2.93 bits per heavy atom. The summed E-state index contributed by atoms with van der Waals surface area (Å²) in [7, 11) is 0. The fourth-order valence-electron chi connectivity index (χ4n) is 1.62. The molecule has 82 valence electrons. The molecule has 2 rings (SSSR count). The molecule has 0 amide bonds. The third-order valence-corrected chi connectivity index (χ3v) is 2.81. The Morgan fingerprint density at radius 1 is 1.67 bits per heavy atom. The molecule has 0 aromatic carbocycles. The first-order valence-electron chi connectivity index (χ1n) is 5.10. The molecule has 1 aliphatic carbocycles. The molecule has 2 atom stereocenters. The monoisotopic (exact) mass is 210 g/mol. The highest BCUT2D eigenvalue weighted by atomic mass is 16.6. The van der Waals surface area contributed by atoms with Gasteiger partial charge in [0.05, 0.1) is 12.6 Å². The van der Waals surface area contributed by atoms with Crippen molar-refractivity contribution in [2.75, 3.05) is 6.54 Å². The first-order chi connectivity index (χ1) is 7.16. The summed E-state index contributed by atoms with van der Waals surface area (Å²) in [5.74, 6) is 2.03. The molecule has 1 saturated carbocycles. The number of nitrogens with one attached hydrogen (secondary N) is 1. The molecule has 1 aromatic heterocycles. The van der Waals surface area contributed by atoms with Crippen LogP contribution >= 0.6 is 0 Å². The van der Waals surface area contributed by atoms with E-state index in [-0.39, 0.29) is 5.88 Å². The van der Waals surface area contributed by atoms with Gasteiger partial charge in [0.15, 0.2) is 0 Å². The minimum Gasteiger partial charge on any atom is -0.404 e. The van der Waals surface area contributed by atoms with E-state index in [1.807, 2.05) is 0 Å². The van der Waals surface area contributed by atoms with Crippen LogP contribution in [0, 0.1) is 22.0 Å². The number of furan rings is 1. The Balaban J connectivity index is 1.75. The number of hydrogen-bond acceptors (Lipinski definition) is 4. The van der Waals surface area contributed by atoms with Crippen LogP contribution in [0.15, 0.2) is 16.5 Å². The second kappa shape index (κ2) is 4.02. The van der Waals surface area contributed by atoms with Gasteiger partial charge in [-0.3, -0.25) is 10.1 Å². The van der Waals surface area contributed by atoms with Gasteiger partial charge >= 0.3 is 5.88 Å². The summed E-state index contributed by atoms with van der Waals surface area (Å²) in [6.07, 6.45) is 1.28. The molecule has 1 heterocycles. The van der Waals surface area contributed by atoms with E-state index in [0.29, 0.717) is 12.3 Å². The molecule has 1 aromatic rings. The van der Waals surface area contributed by atoms with Crippen molar-refractivity contribution in [3.8, 4) is 0 Å². The third kappa shape index (κ3) is 2.56. The van der Waals surface area contributed by atoms with Crippen molar-refractivity contribution >= 4 is 5.88 Å². The van der Waals surface area contributed by atoms with Gasteiger partial charge in [-0.05, 0) is 30.9 Å². The SMILES string of the molecule is CC1CC1CNCc1ccc([N+](=O)[O-])o1. The molecule has 1 aliphatic rings. The van der Waals surface area contributed by atoms with Crippen LogP contribution < -0.4 is 5.32 Å². The lowest BCUT2D eigenvalue weighted by molar-refractivity contribution is -0.402. The standard InChI is InChI=1S/C10H14N2O3/c1-7-4-8(7)5-11-6-9-2-3-10(15-9)12(13)14/h2-3,7-8,11H,4-6H2,1H3. The Hall–Kier alpha value is -1.36. The van der Waals surface area contributed by atoms with Gasteiger partial charge in [-0.1, -0.05) is 6.92 Å². The summed E-state index contributed by atoms with van der Waals surface area (Å²) in [4.78, 5) is 9.82. The first kappa shape index (κ1) is 10.2. The highest BCUT2D eigenvalue weighted by molar-refractivity contribution is 5.17. The summed E-state index contributed by atoms with van der Waals surface area (Å²) in [5, 5.41) is 13.6. The molecule has 0 bridgehead atoms. The molecule has 15 heavy (non-hydrogen) atoms. The van der Waals surface area contributed by atoms with E-state index in [0.717, 1.165) is 18.4 Å². The van der Waals surface area contributed by atoms with Crippen LogP contribution in [-0.4, -0.2) is 11.5 Å². The fourth-order valence-corrected chi connectivity index (χ4v) is 1.62. The zero-order chi connectivity index (χ0) is 10.8. The Labute approximate surface area is 87.6 Å².